The zero-order chi connectivity index (χ0) is 18.5. The number of nitrogens with zero attached hydrogens (tertiary/aromatic N) is 2. The van der Waals surface area contributed by atoms with Gasteiger partial charge in [-0.2, -0.15) is 0 Å². The molecule has 1 atom stereocenters. The van der Waals surface area contributed by atoms with E-state index in [4.69, 9.17) is 14.2 Å². The Kier molecular flexibility index (Phi) is 5.70. The van der Waals surface area contributed by atoms with Crippen LogP contribution in [0.5, 0.6) is 11.5 Å². The summed E-state index contributed by atoms with van der Waals surface area (Å²) in [6.45, 7) is 4.06. The van der Waals surface area contributed by atoms with E-state index in [-0.39, 0.29) is 0 Å². The van der Waals surface area contributed by atoms with Crippen molar-refractivity contribution in [1.82, 2.24) is 9.88 Å². The van der Waals surface area contributed by atoms with Crippen LogP contribution in [-0.4, -0.2) is 49.4 Å². The highest BCUT2D eigenvalue weighted by Gasteiger charge is 2.22. The molecule has 1 fully saturated rings. The Balaban J connectivity index is 1.48. The Hall–Kier alpha value is -2.37. The van der Waals surface area contributed by atoms with Gasteiger partial charge in [-0.05, 0) is 48.8 Å². The van der Waals surface area contributed by atoms with Crippen molar-refractivity contribution in [2.45, 2.75) is 25.5 Å². The lowest BCUT2D eigenvalue weighted by Crippen LogP contribution is -2.34. The maximum Gasteiger partial charge on any atom is 0.130 e. The number of benzene rings is 1. The number of aromatic nitrogens is 1. The minimum atomic E-state index is 0.315. The van der Waals surface area contributed by atoms with E-state index in [1.807, 2.05) is 30.5 Å². The van der Waals surface area contributed by atoms with Crippen molar-refractivity contribution in [2.75, 3.05) is 33.4 Å². The highest BCUT2D eigenvalue weighted by Crippen LogP contribution is 2.30. The third-order valence-electron chi connectivity index (χ3n) is 5.02. The van der Waals surface area contributed by atoms with Crippen LogP contribution in [0.25, 0.3) is 6.08 Å². The molecular formula is C22H26N2O3. The van der Waals surface area contributed by atoms with Gasteiger partial charge in [0.1, 0.15) is 18.1 Å². The first kappa shape index (κ1) is 18.0. The van der Waals surface area contributed by atoms with Crippen molar-refractivity contribution in [2.24, 2.45) is 0 Å². The Morgan fingerprint density at radius 2 is 2.19 bits per heavy atom. The van der Waals surface area contributed by atoms with E-state index in [0.29, 0.717) is 12.7 Å². The maximum atomic E-state index is 5.98. The Morgan fingerprint density at radius 1 is 1.22 bits per heavy atom. The van der Waals surface area contributed by atoms with Crippen LogP contribution in [0.1, 0.15) is 24.1 Å². The molecule has 0 bridgehead atoms. The van der Waals surface area contributed by atoms with Crippen molar-refractivity contribution < 1.29 is 14.2 Å². The number of fused-ring (bicyclic) bond motifs is 1. The molecule has 2 aliphatic rings. The van der Waals surface area contributed by atoms with Crippen molar-refractivity contribution in [3.8, 4) is 11.5 Å². The lowest BCUT2D eigenvalue weighted by Gasteiger charge is -2.27. The zero-order valence-electron chi connectivity index (χ0n) is 15.8. The van der Waals surface area contributed by atoms with Crippen LogP contribution in [0.4, 0.5) is 0 Å². The van der Waals surface area contributed by atoms with Gasteiger partial charge in [-0.25, -0.2) is 0 Å². The van der Waals surface area contributed by atoms with Crippen molar-refractivity contribution in [3.05, 3.63) is 59.4 Å². The largest absolute Gasteiger partial charge is 0.497 e. The van der Waals surface area contributed by atoms with Crippen LogP contribution >= 0.6 is 0 Å². The lowest BCUT2D eigenvalue weighted by molar-refractivity contribution is 0.0727. The predicted octanol–water partition coefficient (Wildman–Crippen LogP) is 3.55. The molecule has 2 aliphatic heterocycles. The molecule has 1 aromatic heterocycles. The molecule has 0 radical (unpaired) electrons. The summed E-state index contributed by atoms with van der Waals surface area (Å²) in [6, 6.07) is 12.0. The molecule has 1 aromatic carbocycles. The number of hydrogen-bond donors (Lipinski definition) is 0. The Morgan fingerprint density at radius 3 is 2.96 bits per heavy atom. The zero-order valence-corrected chi connectivity index (χ0v) is 15.8. The molecule has 4 rings (SSSR count). The second-order valence-electron chi connectivity index (χ2n) is 7.12. The summed E-state index contributed by atoms with van der Waals surface area (Å²) in [5.74, 6) is 1.70. The number of methoxy groups -OCH3 is 1. The van der Waals surface area contributed by atoms with Gasteiger partial charge in [0.25, 0.3) is 0 Å². The van der Waals surface area contributed by atoms with Gasteiger partial charge in [-0.15, -0.1) is 0 Å². The monoisotopic (exact) mass is 366 g/mol. The topological polar surface area (TPSA) is 43.8 Å². The van der Waals surface area contributed by atoms with Crippen molar-refractivity contribution in [3.63, 3.8) is 0 Å². The second-order valence-corrected chi connectivity index (χ2v) is 7.12. The summed E-state index contributed by atoms with van der Waals surface area (Å²) < 4.78 is 17.1. The first-order valence-electron chi connectivity index (χ1n) is 9.54. The quantitative estimate of drug-likeness (QED) is 0.750. The molecule has 1 unspecified atom stereocenters. The molecule has 5 nitrogen and oxygen atoms in total. The van der Waals surface area contributed by atoms with E-state index in [1.54, 1.807) is 7.11 Å². The molecule has 3 heterocycles. The summed E-state index contributed by atoms with van der Waals surface area (Å²) in [6.07, 6.45) is 6.70. The molecule has 27 heavy (non-hydrogen) atoms. The van der Waals surface area contributed by atoms with Crippen LogP contribution in [0, 0.1) is 0 Å². The Bertz CT molecular complexity index is 785. The maximum absolute atomic E-state index is 5.98. The lowest BCUT2D eigenvalue weighted by atomic mass is 10.1. The van der Waals surface area contributed by atoms with E-state index in [2.05, 4.69) is 28.1 Å². The van der Waals surface area contributed by atoms with Gasteiger partial charge < -0.3 is 14.2 Å². The number of hydrogen-bond acceptors (Lipinski definition) is 5. The molecule has 2 aromatic rings. The average Bonchev–Trinajstić information content (AvgIpc) is 3.21. The predicted molar refractivity (Wildman–Crippen MR) is 105 cm³/mol. The molecule has 0 spiro atoms. The Labute approximate surface area is 160 Å². The number of rotatable bonds is 7. The highest BCUT2D eigenvalue weighted by atomic mass is 16.5. The number of pyridine rings is 1. The normalized spacial score (nSPS) is 18.7. The van der Waals surface area contributed by atoms with Crippen LogP contribution in [-0.2, 0) is 11.3 Å². The fraction of sp³-hybridized carbons (Fsp3) is 0.409. The fourth-order valence-electron chi connectivity index (χ4n) is 3.68. The minimum Gasteiger partial charge on any atom is -0.497 e. The summed E-state index contributed by atoms with van der Waals surface area (Å²) in [7, 11) is 1.67. The van der Waals surface area contributed by atoms with Crippen LogP contribution in [0.3, 0.4) is 0 Å². The van der Waals surface area contributed by atoms with Gasteiger partial charge in [0, 0.05) is 44.1 Å². The second kappa shape index (κ2) is 8.55. The van der Waals surface area contributed by atoms with E-state index >= 15 is 0 Å². The van der Waals surface area contributed by atoms with Gasteiger partial charge in [0.2, 0.25) is 0 Å². The number of ether oxygens (including phenoxy) is 3. The van der Waals surface area contributed by atoms with Gasteiger partial charge in [-0.3, -0.25) is 9.88 Å². The third-order valence-corrected chi connectivity index (χ3v) is 5.02. The SMILES string of the molecule is COc1ccc2c(c1)OCC(CN(Cc1ccccn1)CC1CCCO1)=C2. The van der Waals surface area contributed by atoms with E-state index in [1.165, 1.54) is 5.57 Å². The van der Waals surface area contributed by atoms with Crippen molar-refractivity contribution in [1.29, 1.82) is 0 Å². The standard InChI is InChI=1S/C22H26N2O3/c1-25-20-8-7-18-11-17(16-27-22(18)12-20)13-24(15-21-6-4-10-26-21)14-19-5-2-3-9-23-19/h2-3,5,7-9,11-12,21H,4,6,10,13-16H2,1H3. The van der Waals surface area contributed by atoms with Gasteiger partial charge >= 0.3 is 0 Å². The van der Waals surface area contributed by atoms with Crippen molar-refractivity contribution >= 4 is 6.08 Å². The van der Waals surface area contributed by atoms with Crippen LogP contribution in [0.15, 0.2) is 48.2 Å². The molecule has 142 valence electrons. The summed E-state index contributed by atoms with van der Waals surface area (Å²) in [4.78, 5) is 6.91. The molecule has 5 heteroatoms. The molecule has 0 aliphatic carbocycles. The van der Waals surface area contributed by atoms with Crippen LogP contribution < -0.4 is 9.47 Å². The van der Waals surface area contributed by atoms with E-state index < -0.39 is 0 Å². The summed E-state index contributed by atoms with van der Waals surface area (Å²) >= 11 is 0. The first-order chi connectivity index (χ1) is 13.3. The van der Waals surface area contributed by atoms with E-state index in [0.717, 1.165) is 61.8 Å². The molecule has 1 saturated heterocycles. The summed E-state index contributed by atoms with van der Waals surface area (Å²) in [5, 5.41) is 0. The van der Waals surface area contributed by atoms with Gasteiger partial charge in [0.15, 0.2) is 0 Å². The van der Waals surface area contributed by atoms with Gasteiger partial charge in [0.05, 0.1) is 18.9 Å². The van der Waals surface area contributed by atoms with Crippen LogP contribution in [0.2, 0.25) is 0 Å². The van der Waals surface area contributed by atoms with E-state index in [9.17, 15) is 0 Å². The molecule has 0 amide bonds. The average molecular weight is 366 g/mol. The van der Waals surface area contributed by atoms with Gasteiger partial charge in [-0.1, -0.05) is 6.07 Å². The molecule has 0 N–H and O–H groups in total. The molecular weight excluding hydrogens is 340 g/mol. The first-order valence-corrected chi connectivity index (χ1v) is 9.54. The third kappa shape index (κ3) is 4.67. The summed E-state index contributed by atoms with van der Waals surface area (Å²) in [5.41, 5.74) is 3.45. The molecule has 0 saturated carbocycles. The highest BCUT2D eigenvalue weighted by molar-refractivity contribution is 5.63. The smallest absolute Gasteiger partial charge is 0.130 e. The minimum absolute atomic E-state index is 0.315. The fourth-order valence-corrected chi connectivity index (χ4v) is 3.68.